The molecule has 7 heteroatoms. The van der Waals surface area contributed by atoms with Gasteiger partial charge in [0.2, 0.25) is 0 Å². The summed E-state index contributed by atoms with van der Waals surface area (Å²) in [7, 11) is 0. The van der Waals surface area contributed by atoms with Crippen molar-refractivity contribution in [2.24, 2.45) is 11.8 Å². The third-order valence-corrected chi connectivity index (χ3v) is 0.558. The van der Waals surface area contributed by atoms with Crippen LogP contribution < -0.4 is 11.8 Å². The molecule has 0 fully saturated rings. The molecule has 72 valence electrons. The van der Waals surface area contributed by atoms with Gasteiger partial charge in [0.15, 0.2) is 0 Å². The quantitative estimate of drug-likeness (QED) is 0.206. The standard InChI is InChI=1S/C5H8O3.H4N2O2/c1-2-5(7)8-4-3-6;1-3-4-2/h2,6H,1,3-4H2;1-2H2. The zero-order chi connectivity index (χ0) is 9.82. The normalized spacial score (nSPS) is 7.92. The van der Waals surface area contributed by atoms with Crippen LogP contribution in [0.1, 0.15) is 0 Å². The molecule has 0 aliphatic carbocycles. The highest BCUT2D eigenvalue weighted by Gasteiger charge is 1.90. The molecule has 0 atom stereocenters. The fourth-order valence-corrected chi connectivity index (χ4v) is 0.205. The Morgan fingerprint density at radius 3 is 2.25 bits per heavy atom. The van der Waals surface area contributed by atoms with Crippen molar-refractivity contribution in [3.8, 4) is 0 Å². The predicted molar refractivity (Wildman–Crippen MR) is 38.8 cm³/mol. The Morgan fingerprint density at radius 1 is 1.50 bits per heavy atom. The van der Waals surface area contributed by atoms with Gasteiger partial charge in [0.25, 0.3) is 0 Å². The minimum Gasteiger partial charge on any atom is -0.460 e. The summed E-state index contributed by atoms with van der Waals surface area (Å²) in [6.07, 6.45) is 1.05. The van der Waals surface area contributed by atoms with Gasteiger partial charge in [-0.1, -0.05) is 6.58 Å². The van der Waals surface area contributed by atoms with Crippen LogP contribution in [0.15, 0.2) is 12.7 Å². The summed E-state index contributed by atoms with van der Waals surface area (Å²) in [6.45, 7) is 3.06. The molecule has 0 saturated carbocycles. The second-order valence-corrected chi connectivity index (χ2v) is 1.29. The SMILES string of the molecule is C=CC(=O)OCCO.NOON. The van der Waals surface area contributed by atoms with Crippen LogP contribution in [0.25, 0.3) is 0 Å². The molecule has 0 radical (unpaired) electrons. The van der Waals surface area contributed by atoms with Crippen molar-refractivity contribution in [2.75, 3.05) is 13.2 Å². The summed E-state index contributed by atoms with van der Waals surface area (Å²) in [5.74, 6) is 7.86. The molecule has 0 aromatic heterocycles. The van der Waals surface area contributed by atoms with Crippen LogP contribution in [-0.2, 0) is 19.5 Å². The molecule has 0 saturated heterocycles. The maximum absolute atomic E-state index is 10.1. The Morgan fingerprint density at radius 2 is 2.00 bits per heavy atom. The molecule has 0 heterocycles. The molecule has 0 unspecified atom stereocenters. The Kier molecular flexibility index (Phi) is 14.3. The third-order valence-electron chi connectivity index (χ3n) is 0.558. The van der Waals surface area contributed by atoms with E-state index in [2.05, 4.69) is 33.1 Å². The average Bonchev–Trinajstić information content (AvgIpc) is 2.14. The highest BCUT2D eigenvalue weighted by atomic mass is 17.3. The van der Waals surface area contributed by atoms with Crippen LogP contribution in [0, 0.1) is 0 Å². The van der Waals surface area contributed by atoms with E-state index in [1.54, 1.807) is 0 Å². The largest absolute Gasteiger partial charge is 0.460 e. The lowest BCUT2D eigenvalue weighted by molar-refractivity contribution is -0.304. The van der Waals surface area contributed by atoms with E-state index in [4.69, 9.17) is 5.11 Å². The van der Waals surface area contributed by atoms with E-state index >= 15 is 0 Å². The minimum absolute atomic E-state index is 0.0465. The maximum Gasteiger partial charge on any atom is 0.330 e. The van der Waals surface area contributed by atoms with Crippen molar-refractivity contribution in [1.29, 1.82) is 0 Å². The van der Waals surface area contributed by atoms with Crippen LogP contribution in [-0.4, -0.2) is 24.3 Å². The lowest BCUT2D eigenvalue weighted by Crippen LogP contribution is -2.04. The first kappa shape index (κ1) is 13.6. The molecule has 0 rings (SSSR count). The van der Waals surface area contributed by atoms with E-state index in [0.717, 1.165) is 6.08 Å². The average molecular weight is 180 g/mol. The number of hydrogen-bond acceptors (Lipinski definition) is 7. The van der Waals surface area contributed by atoms with Gasteiger partial charge in [-0.15, -0.1) is 9.98 Å². The second-order valence-electron chi connectivity index (χ2n) is 1.29. The molecule has 7 nitrogen and oxygen atoms in total. The first-order chi connectivity index (χ1) is 5.72. The Labute approximate surface area is 69.3 Å². The maximum atomic E-state index is 10.1. The van der Waals surface area contributed by atoms with E-state index in [9.17, 15) is 4.79 Å². The number of esters is 1. The molecule has 12 heavy (non-hydrogen) atoms. The van der Waals surface area contributed by atoms with Crippen LogP contribution in [0.2, 0.25) is 0 Å². The number of ether oxygens (including phenoxy) is 1. The van der Waals surface area contributed by atoms with Gasteiger partial charge in [0.1, 0.15) is 6.61 Å². The summed E-state index contributed by atoms with van der Waals surface area (Å²) in [5, 5.41) is 8.10. The highest BCUT2D eigenvalue weighted by molar-refractivity contribution is 5.81. The van der Waals surface area contributed by atoms with Gasteiger partial charge in [0.05, 0.1) is 6.61 Å². The van der Waals surface area contributed by atoms with E-state index in [1.165, 1.54) is 0 Å². The van der Waals surface area contributed by atoms with Gasteiger partial charge in [-0.25, -0.2) is 4.79 Å². The molecular formula is C5H12N2O5. The first-order valence-corrected chi connectivity index (χ1v) is 2.85. The Bertz CT molecular complexity index is 116. The zero-order valence-electron chi connectivity index (χ0n) is 6.43. The second kappa shape index (κ2) is 12.7. The lowest BCUT2D eigenvalue weighted by Gasteiger charge is -1.94. The summed E-state index contributed by atoms with van der Waals surface area (Å²) in [4.78, 5) is 16.8. The summed E-state index contributed by atoms with van der Waals surface area (Å²) in [6, 6.07) is 0. The van der Waals surface area contributed by atoms with Crippen LogP contribution >= 0.6 is 0 Å². The Hall–Kier alpha value is -0.990. The van der Waals surface area contributed by atoms with E-state index in [1.807, 2.05) is 0 Å². The van der Waals surface area contributed by atoms with Crippen molar-refractivity contribution in [3.63, 3.8) is 0 Å². The van der Waals surface area contributed by atoms with E-state index in [0.29, 0.717) is 0 Å². The number of hydrogen-bond donors (Lipinski definition) is 3. The number of aliphatic hydroxyl groups is 1. The molecule has 0 spiro atoms. The Balaban J connectivity index is 0. The number of carbonyl (C=O) groups is 1. The van der Waals surface area contributed by atoms with Gasteiger partial charge in [-0.2, -0.15) is 11.8 Å². The number of nitrogens with two attached hydrogens (primary N) is 2. The molecule has 0 bridgehead atoms. The smallest absolute Gasteiger partial charge is 0.330 e. The number of aliphatic hydroxyl groups excluding tert-OH is 1. The third kappa shape index (κ3) is 16.0. The number of carbonyl (C=O) groups excluding carboxylic acids is 1. The van der Waals surface area contributed by atoms with E-state index < -0.39 is 5.97 Å². The fourth-order valence-electron chi connectivity index (χ4n) is 0.205. The lowest BCUT2D eigenvalue weighted by atomic mass is 10.6. The van der Waals surface area contributed by atoms with Crippen molar-refractivity contribution in [3.05, 3.63) is 12.7 Å². The van der Waals surface area contributed by atoms with Crippen molar-refractivity contribution in [1.82, 2.24) is 0 Å². The monoisotopic (exact) mass is 180 g/mol. The van der Waals surface area contributed by atoms with Gasteiger partial charge in [-0.05, 0) is 0 Å². The molecule has 0 aromatic rings. The summed E-state index contributed by atoms with van der Waals surface area (Å²) >= 11 is 0. The summed E-state index contributed by atoms with van der Waals surface area (Å²) < 4.78 is 4.33. The predicted octanol–water partition coefficient (Wildman–Crippen LogP) is -1.61. The minimum atomic E-state index is -0.501. The number of rotatable bonds is 4. The van der Waals surface area contributed by atoms with Gasteiger partial charge < -0.3 is 9.84 Å². The van der Waals surface area contributed by atoms with Crippen molar-refractivity contribution in [2.45, 2.75) is 0 Å². The van der Waals surface area contributed by atoms with Crippen molar-refractivity contribution >= 4 is 5.97 Å². The van der Waals surface area contributed by atoms with Crippen LogP contribution in [0.5, 0.6) is 0 Å². The van der Waals surface area contributed by atoms with Crippen LogP contribution in [0.3, 0.4) is 0 Å². The molecule has 0 aliphatic heterocycles. The van der Waals surface area contributed by atoms with E-state index in [-0.39, 0.29) is 13.2 Å². The topological polar surface area (TPSA) is 117 Å². The van der Waals surface area contributed by atoms with Crippen LogP contribution in [0.4, 0.5) is 0 Å². The molecular weight excluding hydrogens is 168 g/mol. The first-order valence-electron chi connectivity index (χ1n) is 2.85. The van der Waals surface area contributed by atoms with Gasteiger partial charge in [0, 0.05) is 6.08 Å². The fraction of sp³-hybridized carbons (Fsp3) is 0.400. The zero-order valence-corrected chi connectivity index (χ0v) is 6.43. The summed E-state index contributed by atoms with van der Waals surface area (Å²) in [5.41, 5.74) is 0. The highest BCUT2D eigenvalue weighted by Crippen LogP contribution is 1.75. The van der Waals surface area contributed by atoms with Crippen molar-refractivity contribution < 1.29 is 24.6 Å². The molecule has 0 amide bonds. The van der Waals surface area contributed by atoms with Gasteiger partial charge in [-0.3, -0.25) is 0 Å². The molecule has 0 aromatic carbocycles. The molecule has 5 N–H and O–H groups in total. The van der Waals surface area contributed by atoms with Gasteiger partial charge >= 0.3 is 5.97 Å². The molecule has 0 aliphatic rings.